The van der Waals surface area contributed by atoms with Gasteiger partial charge in [-0.15, -0.1) is 0 Å². The van der Waals surface area contributed by atoms with E-state index in [1.807, 2.05) is 29.2 Å². The molecule has 1 spiro atoms. The van der Waals surface area contributed by atoms with E-state index >= 15 is 0 Å². The molecule has 2 saturated heterocycles. The summed E-state index contributed by atoms with van der Waals surface area (Å²) in [6.07, 6.45) is 1.41. The minimum atomic E-state index is -0.167. The van der Waals surface area contributed by atoms with E-state index in [4.69, 9.17) is 0 Å². The van der Waals surface area contributed by atoms with E-state index in [0.717, 1.165) is 17.5 Å². The first-order chi connectivity index (χ1) is 12.8. The molecule has 4 nitrogen and oxygen atoms in total. The molecule has 0 saturated carbocycles. The molecule has 0 aromatic heterocycles. The van der Waals surface area contributed by atoms with Crippen LogP contribution >= 0.6 is 0 Å². The van der Waals surface area contributed by atoms with E-state index < -0.39 is 0 Å². The van der Waals surface area contributed by atoms with Crippen molar-refractivity contribution in [3.63, 3.8) is 0 Å². The number of hydrogen-bond acceptors (Lipinski definition) is 2. The molecule has 1 N–H and O–H groups in total. The smallest absolute Gasteiger partial charge is 0.254 e. The molecule has 2 aromatic rings. The number of amides is 2. The van der Waals surface area contributed by atoms with Gasteiger partial charge in [-0.3, -0.25) is 9.59 Å². The maximum atomic E-state index is 12.7. The lowest BCUT2D eigenvalue weighted by Crippen LogP contribution is -2.68. The van der Waals surface area contributed by atoms with Crippen molar-refractivity contribution in [3.05, 3.63) is 59.7 Å². The number of carbonyl (C=O) groups excluding carboxylic acids is 2. The van der Waals surface area contributed by atoms with Crippen LogP contribution in [0.1, 0.15) is 49.5 Å². The number of nitrogens with zero attached hydrogens (tertiary/aromatic N) is 1. The number of nitrogens with one attached hydrogen (secondary N) is 1. The summed E-state index contributed by atoms with van der Waals surface area (Å²) in [5.74, 6) is 0.140. The predicted octanol–water partition coefficient (Wildman–Crippen LogP) is 3.76. The highest BCUT2D eigenvalue weighted by molar-refractivity contribution is 5.96. The highest BCUT2D eigenvalue weighted by Gasteiger charge is 2.49. The molecule has 2 amide bonds. The normalized spacial score (nSPS) is 18.3. The van der Waals surface area contributed by atoms with Crippen LogP contribution in [0.3, 0.4) is 0 Å². The zero-order valence-electron chi connectivity index (χ0n) is 16.2. The van der Waals surface area contributed by atoms with Gasteiger partial charge in [-0.2, -0.15) is 0 Å². The molecular formula is C23H26N2O2. The average molecular weight is 362 g/mol. The highest BCUT2D eigenvalue weighted by atomic mass is 16.2. The molecule has 0 bridgehead atoms. The molecule has 0 unspecified atom stereocenters. The first-order valence-corrected chi connectivity index (χ1v) is 9.57. The van der Waals surface area contributed by atoms with Gasteiger partial charge in [0.05, 0.1) is 5.54 Å². The summed E-state index contributed by atoms with van der Waals surface area (Å²) in [5, 5.41) is 3.02. The van der Waals surface area contributed by atoms with Gasteiger partial charge >= 0.3 is 0 Å². The number of benzene rings is 2. The van der Waals surface area contributed by atoms with Crippen LogP contribution in [-0.2, 0) is 10.2 Å². The van der Waals surface area contributed by atoms with Gasteiger partial charge < -0.3 is 10.2 Å². The van der Waals surface area contributed by atoms with Crippen molar-refractivity contribution in [1.82, 2.24) is 10.2 Å². The van der Waals surface area contributed by atoms with Crippen molar-refractivity contribution in [2.75, 3.05) is 13.1 Å². The Morgan fingerprint density at radius 3 is 2.33 bits per heavy atom. The topological polar surface area (TPSA) is 49.4 Å². The van der Waals surface area contributed by atoms with E-state index in [2.05, 4.69) is 50.4 Å². The Labute approximate surface area is 160 Å². The molecule has 4 rings (SSSR count). The first-order valence-electron chi connectivity index (χ1n) is 9.57. The Balaban J connectivity index is 1.47. The van der Waals surface area contributed by atoms with Crippen LogP contribution in [0.2, 0.25) is 0 Å². The molecule has 27 heavy (non-hydrogen) atoms. The van der Waals surface area contributed by atoms with Crippen molar-refractivity contribution < 1.29 is 9.59 Å². The maximum Gasteiger partial charge on any atom is 0.254 e. The Kier molecular flexibility index (Phi) is 4.10. The summed E-state index contributed by atoms with van der Waals surface area (Å²) in [6, 6.07) is 16.4. The summed E-state index contributed by atoms with van der Waals surface area (Å²) in [4.78, 5) is 26.0. The molecule has 2 heterocycles. The minimum Gasteiger partial charge on any atom is -0.347 e. The minimum absolute atomic E-state index is 0.0387. The zero-order valence-corrected chi connectivity index (χ0v) is 16.2. The lowest BCUT2D eigenvalue weighted by Gasteiger charge is -2.47. The molecule has 0 aliphatic carbocycles. The molecule has 2 aliphatic rings. The van der Waals surface area contributed by atoms with Gasteiger partial charge in [0.2, 0.25) is 5.91 Å². The molecular weight excluding hydrogens is 336 g/mol. The van der Waals surface area contributed by atoms with Crippen LogP contribution in [0.15, 0.2) is 48.5 Å². The maximum absolute atomic E-state index is 12.7. The fourth-order valence-corrected chi connectivity index (χ4v) is 3.99. The third-order valence-electron chi connectivity index (χ3n) is 5.70. The summed E-state index contributed by atoms with van der Waals surface area (Å²) in [7, 11) is 0. The van der Waals surface area contributed by atoms with E-state index in [0.29, 0.717) is 25.1 Å². The molecule has 2 aliphatic heterocycles. The predicted molar refractivity (Wildman–Crippen MR) is 107 cm³/mol. The van der Waals surface area contributed by atoms with Crippen LogP contribution < -0.4 is 5.32 Å². The van der Waals surface area contributed by atoms with E-state index in [1.54, 1.807) is 0 Å². The van der Waals surface area contributed by atoms with Crippen LogP contribution in [0.4, 0.5) is 0 Å². The van der Waals surface area contributed by atoms with Gasteiger partial charge in [-0.05, 0) is 40.7 Å². The van der Waals surface area contributed by atoms with Gasteiger partial charge in [-0.25, -0.2) is 0 Å². The van der Waals surface area contributed by atoms with Crippen LogP contribution in [0.25, 0.3) is 11.1 Å². The lowest BCUT2D eigenvalue weighted by atomic mass is 9.85. The second-order valence-electron chi connectivity index (χ2n) is 8.90. The Morgan fingerprint density at radius 1 is 1.04 bits per heavy atom. The Bertz CT molecular complexity index is 887. The summed E-state index contributed by atoms with van der Waals surface area (Å²) >= 11 is 0. The second-order valence-corrected chi connectivity index (χ2v) is 8.90. The summed E-state index contributed by atoms with van der Waals surface area (Å²) < 4.78 is 0. The van der Waals surface area contributed by atoms with E-state index in [9.17, 15) is 9.59 Å². The second kappa shape index (κ2) is 6.22. The SMILES string of the molecule is CC(C)(C)c1cccc(-c2ccc(C(=O)N3CC4(CCC(=O)N4)C3)cc2)c1. The van der Waals surface area contributed by atoms with Crippen LogP contribution in [0.5, 0.6) is 0 Å². The van der Waals surface area contributed by atoms with Crippen molar-refractivity contribution in [1.29, 1.82) is 0 Å². The summed E-state index contributed by atoms with van der Waals surface area (Å²) in [5.41, 5.74) is 4.21. The van der Waals surface area contributed by atoms with E-state index in [1.165, 1.54) is 5.56 Å². The number of carbonyl (C=O) groups is 2. The third kappa shape index (κ3) is 3.36. The van der Waals surface area contributed by atoms with Gasteiger partial charge in [0.25, 0.3) is 5.91 Å². The Morgan fingerprint density at radius 2 is 1.74 bits per heavy atom. The standard InChI is InChI=1S/C23H26N2O2/c1-22(2,3)19-6-4-5-18(13-19)16-7-9-17(10-8-16)21(27)25-14-23(15-25)12-11-20(26)24-23/h4-10,13H,11-12,14-15H2,1-3H3,(H,24,26). The number of hydrogen-bond donors (Lipinski definition) is 1. The van der Waals surface area contributed by atoms with Gasteiger partial charge in [0.15, 0.2) is 0 Å². The molecule has 0 atom stereocenters. The van der Waals surface area contributed by atoms with Crippen molar-refractivity contribution in [2.24, 2.45) is 0 Å². The molecule has 2 fully saturated rings. The fraction of sp³-hybridized carbons (Fsp3) is 0.391. The third-order valence-corrected chi connectivity index (χ3v) is 5.70. The molecule has 4 heteroatoms. The largest absolute Gasteiger partial charge is 0.347 e. The van der Waals surface area contributed by atoms with E-state index in [-0.39, 0.29) is 22.8 Å². The molecule has 0 radical (unpaired) electrons. The van der Waals surface area contributed by atoms with Crippen LogP contribution in [0, 0.1) is 0 Å². The quantitative estimate of drug-likeness (QED) is 0.884. The van der Waals surface area contributed by atoms with Crippen molar-refractivity contribution in [3.8, 4) is 11.1 Å². The zero-order chi connectivity index (χ0) is 19.2. The van der Waals surface area contributed by atoms with Gasteiger partial charge in [0, 0.05) is 25.1 Å². The summed E-state index contributed by atoms with van der Waals surface area (Å²) in [6.45, 7) is 7.86. The number of likely N-dealkylation sites (tertiary alicyclic amines) is 1. The molecule has 140 valence electrons. The lowest BCUT2D eigenvalue weighted by molar-refractivity contribution is -0.120. The number of rotatable bonds is 2. The Hall–Kier alpha value is -2.62. The monoisotopic (exact) mass is 362 g/mol. The van der Waals surface area contributed by atoms with Crippen LogP contribution in [-0.4, -0.2) is 35.3 Å². The molecule has 2 aromatic carbocycles. The fourth-order valence-electron chi connectivity index (χ4n) is 3.99. The average Bonchev–Trinajstić information content (AvgIpc) is 3.02. The first kappa shape index (κ1) is 17.8. The van der Waals surface area contributed by atoms with Crippen molar-refractivity contribution >= 4 is 11.8 Å². The van der Waals surface area contributed by atoms with Gasteiger partial charge in [-0.1, -0.05) is 57.2 Å². The van der Waals surface area contributed by atoms with Gasteiger partial charge in [0.1, 0.15) is 0 Å². The van der Waals surface area contributed by atoms with Crippen molar-refractivity contribution in [2.45, 2.75) is 44.6 Å². The highest BCUT2D eigenvalue weighted by Crippen LogP contribution is 2.32.